The first-order chi connectivity index (χ1) is 9.04. The Morgan fingerprint density at radius 2 is 2.00 bits per heavy atom. The molecule has 0 saturated heterocycles. The molecule has 3 rings (SSSR count). The van der Waals surface area contributed by atoms with E-state index in [0.29, 0.717) is 17.0 Å². The van der Waals surface area contributed by atoms with Crippen LogP contribution in [-0.4, -0.2) is 16.1 Å². The zero-order chi connectivity index (χ0) is 13.6. The van der Waals surface area contributed by atoms with Gasteiger partial charge < -0.3 is 13.9 Å². The second-order valence-corrected chi connectivity index (χ2v) is 4.39. The highest BCUT2D eigenvalue weighted by atomic mass is 16.4. The Labute approximate surface area is 108 Å². The van der Waals surface area contributed by atoms with Crippen LogP contribution in [0.3, 0.4) is 0 Å². The normalized spacial score (nSPS) is 11.1. The van der Waals surface area contributed by atoms with Gasteiger partial charge in [-0.25, -0.2) is 9.78 Å². The van der Waals surface area contributed by atoms with E-state index in [-0.39, 0.29) is 11.7 Å². The van der Waals surface area contributed by atoms with E-state index in [4.69, 9.17) is 13.9 Å². The summed E-state index contributed by atoms with van der Waals surface area (Å²) in [5, 5.41) is 9.87. The molecule has 0 unspecified atom stereocenters. The van der Waals surface area contributed by atoms with E-state index < -0.39 is 5.97 Å². The maximum Gasteiger partial charge on any atom is 0.373 e. The average molecular weight is 257 g/mol. The molecule has 5 nitrogen and oxygen atoms in total. The number of aryl methyl sites for hydroxylation is 2. The van der Waals surface area contributed by atoms with Gasteiger partial charge in [-0.3, -0.25) is 0 Å². The fourth-order valence-electron chi connectivity index (χ4n) is 1.97. The maximum absolute atomic E-state index is 10.9. The van der Waals surface area contributed by atoms with Gasteiger partial charge >= 0.3 is 5.97 Å². The van der Waals surface area contributed by atoms with Gasteiger partial charge in [0.25, 0.3) is 5.89 Å². The van der Waals surface area contributed by atoms with Crippen LogP contribution in [0.2, 0.25) is 0 Å². The molecular formula is C14H11NO4. The van der Waals surface area contributed by atoms with Crippen molar-refractivity contribution in [2.75, 3.05) is 0 Å². The minimum absolute atomic E-state index is 0.161. The van der Waals surface area contributed by atoms with Gasteiger partial charge in [0.15, 0.2) is 5.76 Å². The van der Waals surface area contributed by atoms with Crippen molar-refractivity contribution in [3.05, 3.63) is 41.3 Å². The largest absolute Gasteiger partial charge is 0.475 e. The standard InChI is InChI=1S/C14H11NO4/c1-7-3-4-10-9(5-7)6-11(18-10)13-15-8(2)12(19-13)14(16)17/h3-6H,1-2H3,(H,16,17). The molecule has 1 N–H and O–H groups in total. The van der Waals surface area contributed by atoms with Crippen LogP contribution in [0.5, 0.6) is 0 Å². The van der Waals surface area contributed by atoms with Crippen LogP contribution in [0.25, 0.3) is 22.6 Å². The SMILES string of the molecule is Cc1ccc2oc(-c3nc(C)c(C(=O)O)o3)cc2c1. The fraction of sp³-hybridized carbons (Fsp3) is 0.143. The van der Waals surface area contributed by atoms with Crippen LogP contribution < -0.4 is 0 Å². The van der Waals surface area contributed by atoms with E-state index in [1.807, 2.05) is 25.1 Å². The van der Waals surface area contributed by atoms with Crippen molar-refractivity contribution < 1.29 is 18.7 Å². The summed E-state index contributed by atoms with van der Waals surface area (Å²) in [6.45, 7) is 3.58. The molecule has 0 radical (unpaired) electrons. The van der Waals surface area contributed by atoms with Crippen molar-refractivity contribution in [1.82, 2.24) is 4.98 Å². The Balaban J connectivity index is 2.13. The lowest BCUT2D eigenvalue weighted by molar-refractivity contribution is 0.0662. The molecule has 0 aliphatic heterocycles. The van der Waals surface area contributed by atoms with Crippen LogP contribution in [-0.2, 0) is 0 Å². The molecule has 0 saturated carbocycles. The number of oxazole rings is 1. The molecule has 5 heteroatoms. The number of aromatic carboxylic acids is 1. The number of nitrogens with zero attached hydrogens (tertiary/aromatic N) is 1. The fourth-order valence-corrected chi connectivity index (χ4v) is 1.97. The van der Waals surface area contributed by atoms with E-state index in [1.54, 1.807) is 13.0 Å². The highest BCUT2D eigenvalue weighted by molar-refractivity contribution is 5.86. The molecule has 0 spiro atoms. The number of furan rings is 1. The molecule has 0 bridgehead atoms. The molecule has 1 aromatic carbocycles. The van der Waals surface area contributed by atoms with Crippen LogP contribution in [0.4, 0.5) is 0 Å². The number of benzene rings is 1. The van der Waals surface area contributed by atoms with Crippen molar-refractivity contribution >= 4 is 16.9 Å². The highest BCUT2D eigenvalue weighted by Gasteiger charge is 2.19. The lowest BCUT2D eigenvalue weighted by Crippen LogP contribution is -1.95. The van der Waals surface area contributed by atoms with Crippen LogP contribution in [0.1, 0.15) is 21.8 Å². The Hall–Kier alpha value is -2.56. The van der Waals surface area contributed by atoms with Crippen molar-refractivity contribution in [2.45, 2.75) is 13.8 Å². The number of fused-ring (bicyclic) bond motifs is 1. The van der Waals surface area contributed by atoms with Crippen LogP contribution in [0.15, 0.2) is 33.1 Å². The molecular weight excluding hydrogens is 246 g/mol. The van der Waals surface area contributed by atoms with Gasteiger partial charge in [0, 0.05) is 5.39 Å². The van der Waals surface area contributed by atoms with Gasteiger partial charge in [0.1, 0.15) is 5.58 Å². The Morgan fingerprint density at radius 1 is 1.21 bits per heavy atom. The first-order valence-corrected chi connectivity index (χ1v) is 5.76. The molecule has 0 aliphatic carbocycles. The summed E-state index contributed by atoms with van der Waals surface area (Å²) in [4.78, 5) is 15.0. The predicted molar refractivity (Wildman–Crippen MR) is 68.1 cm³/mol. The van der Waals surface area contributed by atoms with Gasteiger partial charge in [-0.2, -0.15) is 0 Å². The topological polar surface area (TPSA) is 76.5 Å². The number of hydrogen-bond acceptors (Lipinski definition) is 4. The molecule has 96 valence electrons. The van der Waals surface area contributed by atoms with E-state index >= 15 is 0 Å². The number of carboxylic acids is 1. The minimum atomic E-state index is -1.14. The third-order valence-electron chi connectivity index (χ3n) is 2.87. The van der Waals surface area contributed by atoms with Gasteiger partial charge in [0.05, 0.1) is 5.69 Å². The maximum atomic E-state index is 10.9. The second kappa shape index (κ2) is 3.98. The van der Waals surface area contributed by atoms with E-state index in [9.17, 15) is 4.79 Å². The summed E-state index contributed by atoms with van der Waals surface area (Å²) in [5.41, 5.74) is 2.17. The van der Waals surface area contributed by atoms with Gasteiger partial charge in [-0.15, -0.1) is 0 Å². The molecule has 19 heavy (non-hydrogen) atoms. The summed E-state index contributed by atoms with van der Waals surface area (Å²) >= 11 is 0. The third-order valence-corrected chi connectivity index (χ3v) is 2.87. The van der Waals surface area contributed by atoms with Gasteiger partial charge in [-0.05, 0) is 32.0 Å². The lowest BCUT2D eigenvalue weighted by Gasteiger charge is -1.89. The zero-order valence-corrected chi connectivity index (χ0v) is 10.4. The third kappa shape index (κ3) is 1.89. The molecule has 0 amide bonds. The monoisotopic (exact) mass is 257 g/mol. The number of hydrogen-bond donors (Lipinski definition) is 1. The Morgan fingerprint density at radius 3 is 2.68 bits per heavy atom. The Kier molecular flexibility index (Phi) is 2.41. The molecule has 2 aromatic heterocycles. The van der Waals surface area contributed by atoms with E-state index in [1.165, 1.54) is 0 Å². The smallest absolute Gasteiger partial charge is 0.373 e. The van der Waals surface area contributed by atoms with E-state index in [0.717, 1.165) is 10.9 Å². The Bertz CT molecular complexity index is 782. The average Bonchev–Trinajstić information content (AvgIpc) is 2.91. The number of rotatable bonds is 2. The zero-order valence-electron chi connectivity index (χ0n) is 10.4. The summed E-state index contributed by atoms with van der Waals surface area (Å²) in [7, 11) is 0. The first kappa shape index (κ1) is 11.5. The molecule has 0 aliphatic rings. The van der Waals surface area contributed by atoms with Gasteiger partial charge in [-0.1, -0.05) is 11.6 Å². The molecule has 0 fully saturated rings. The molecule has 3 aromatic rings. The van der Waals surface area contributed by atoms with E-state index in [2.05, 4.69) is 4.98 Å². The minimum Gasteiger partial charge on any atom is -0.475 e. The first-order valence-electron chi connectivity index (χ1n) is 5.76. The van der Waals surface area contributed by atoms with Crippen molar-refractivity contribution in [2.24, 2.45) is 0 Å². The van der Waals surface area contributed by atoms with Crippen LogP contribution >= 0.6 is 0 Å². The summed E-state index contributed by atoms with van der Waals surface area (Å²) in [6.07, 6.45) is 0. The summed E-state index contributed by atoms with van der Waals surface area (Å²) in [5.74, 6) is -0.685. The highest BCUT2D eigenvalue weighted by Crippen LogP contribution is 2.29. The quantitative estimate of drug-likeness (QED) is 0.761. The number of aromatic nitrogens is 1. The molecule has 2 heterocycles. The number of carbonyl (C=O) groups is 1. The van der Waals surface area contributed by atoms with Crippen LogP contribution in [0, 0.1) is 13.8 Å². The predicted octanol–water partition coefficient (Wildman–Crippen LogP) is 3.40. The van der Waals surface area contributed by atoms with Gasteiger partial charge in [0.2, 0.25) is 5.76 Å². The van der Waals surface area contributed by atoms with Crippen molar-refractivity contribution in [1.29, 1.82) is 0 Å². The van der Waals surface area contributed by atoms with Crippen molar-refractivity contribution in [3.8, 4) is 11.7 Å². The number of carboxylic acid groups (broad SMARTS) is 1. The lowest BCUT2D eigenvalue weighted by atomic mass is 10.2. The summed E-state index contributed by atoms with van der Waals surface area (Å²) in [6, 6.07) is 7.58. The molecule has 0 atom stereocenters. The van der Waals surface area contributed by atoms with Crippen molar-refractivity contribution in [3.63, 3.8) is 0 Å². The second-order valence-electron chi connectivity index (χ2n) is 4.39. The summed E-state index contributed by atoms with van der Waals surface area (Å²) < 4.78 is 10.8.